The van der Waals surface area contributed by atoms with Gasteiger partial charge in [0.25, 0.3) is 0 Å². The molecule has 0 bridgehead atoms. The largest absolute Gasteiger partial charge is 0.384 e. The Morgan fingerprint density at radius 1 is 1.21 bits per heavy atom. The molecule has 5 nitrogen and oxygen atoms in total. The Morgan fingerprint density at radius 3 is 2.61 bits per heavy atom. The van der Waals surface area contributed by atoms with Gasteiger partial charge < -0.3 is 20.6 Å². The second-order valence-electron chi connectivity index (χ2n) is 6.98. The standard InChI is InChI=1S/C21H32N4OS.HI/c1-5-22-20(24-16-21(3,26)19-10-11-27-15-19)23-13-17-8-7-9-18(12-17)14-25(4)6-2;/h7-12,15,26H,5-6,13-14,16H2,1-4H3,(H2,22,23,24);1H. The van der Waals surface area contributed by atoms with Crippen molar-refractivity contribution in [2.75, 3.05) is 26.7 Å². The summed E-state index contributed by atoms with van der Waals surface area (Å²) >= 11 is 1.59. The third-order valence-electron chi connectivity index (χ3n) is 4.49. The first kappa shape index (κ1) is 24.9. The van der Waals surface area contributed by atoms with Gasteiger partial charge in [-0.3, -0.25) is 0 Å². The van der Waals surface area contributed by atoms with E-state index in [0.717, 1.165) is 25.2 Å². The van der Waals surface area contributed by atoms with Gasteiger partial charge in [0.05, 0.1) is 13.1 Å². The van der Waals surface area contributed by atoms with Gasteiger partial charge in [0, 0.05) is 13.1 Å². The lowest BCUT2D eigenvalue weighted by Crippen LogP contribution is -2.44. The maximum Gasteiger partial charge on any atom is 0.191 e. The molecule has 156 valence electrons. The Bertz CT molecular complexity index is 719. The molecule has 0 spiro atoms. The number of hydrogen-bond acceptors (Lipinski definition) is 4. The molecule has 0 saturated carbocycles. The fourth-order valence-corrected chi connectivity index (χ4v) is 3.47. The highest BCUT2D eigenvalue weighted by molar-refractivity contribution is 14.0. The molecule has 0 radical (unpaired) electrons. The highest BCUT2D eigenvalue weighted by Crippen LogP contribution is 2.21. The van der Waals surface area contributed by atoms with Crippen LogP contribution in [0, 0.1) is 0 Å². The van der Waals surface area contributed by atoms with Gasteiger partial charge in [-0.15, -0.1) is 24.0 Å². The molecule has 1 heterocycles. The van der Waals surface area contributed by atoms with E-state index in [1.807, 2.05) is 30.7 Å². The van der Waals surface area contributed by atoms with Crippen LogP contribution in [0.2, 0.25) is 0 Å². The van der Waals surface area contributed by atoms with Crippen LogP contribution in [0.15, 0.2) is 46.1 Å². The fourth-order valence-electron chi connectivity index (χ4n) is 2.69. The van der Waals surface area contributed by atoms with E-state index in [1.54, 1.807) is 11.3 Å². The van der Waals surface area contributed by atoms with E-state index in [0.29, 0.717) is 19.0 Å². The van der Waals surface area contributed by atoms with E-state index in [-0.39, 0.29) is 24.0 Å². The molecule has 1 atom stereocenters. The number of thiophene rings is 1. The van der Waals surface area contributed by atoms with E-state index < -0.39 is 5.60 Å². The van der Waals surface area contributed by atoms with Crippen LogP contribution in [0.4, 0.5) is 0 Å². The summed E-state index contributed by atoms with van der Waals surface area (Å²) in [4.78, 5) is 6.96. The lowest BCUT2D eigenvalue weighted by Gasteiger charge is -2.24. The quantitative estimate of drug-likeness (QED) is 0.270. The fraction of sp³-hybridized carbons (Fsp3) is 0.476. The summed E-state index contributed by atoms with van der Waals surface area (Å²) in [6.45, 7) is 9.75. The van der Waals surface area contributed by atoms with Crippen molar-refractivity contribution in [3.05, 3.63) is 57.8 Å². The van der Waals surface area contributed by atoms with Crippen molar-refractivity contribution in [2.24, 2.45) is 4.99 Å². The van der Waals surface area contributed by atoms with E-state index in [1.165, 1.54) is 11.1 Å². The molecule has 1 aromatic heterocycles. The minimum atomic E-state index is -0.930. The van der Waals surface area contributed by atoms with Crippen molar-refractivity contribution in [3.63, 3.8) is 0 Å². The van der Waals surface area contributed by atoms with Crippen LogP contribution in [0.3, 0.4) is 0 Å². The number of halogens is 1. The second kappa shape index (κ2) is 12.4. The third kappa shape index (κ3) is 8.06. The molecular formula is C21H33IN4OS. The van der Waals surface area contributed by atoms with Gasteiger partial charge in [-0.2, -0.15) is 11.3 Å². The number of benzene rings is 1. The normalized spacial score (nSPS) is 13.7. The van der Waals surface area contributed by atoms with Crippen molar-refractivity contribution in [1.82, 2.24) is 15.5 Å². The lowest BCUT2D eigenvalue weighted by atomic mass is 9.99. The number of aliphatic imine (C=N–C) groups is 1. The van der Waals surface area contributed by atoms with Crippen molar-refractivity contribution in [1.29, 1.82) is 0 Å². The van der Waals surface area contributed by atoms with Gasteiger partial charge in [-0.25, -0.2) is 4.99 Å². The van der Waals surface area contributed by atoms with Gasteiger partial charge in [0.1, 0.15) is 5.60 Å². The Kier molecular flexibility index (Phi) is 11.0. The van der Waals surface area contributed by atoms with Crippen molar-refractivity contribution in [3.8, 4) is 0 Å². The minimum Gasteiger partial charge on any atom is -0.384 e. The minimum absolute atomic E-state index is 0. The van der Waals surface area contributed by atoms with E-state index in [2.05, 4.69) is 58.8 Å². The van der Waals surface area contributed by atoms with Gasteiger partial charge in [-0.05, 0) is 61.0 Å². The number of rotatable bonds is 9. The molecule has 0 saturated heterocycles. The molecular weight excluding hydrogens is 483 g/mol. The van der Waals surface area contributed by atoms with Gasteiger partial charge in [0.2, 0.25) is 0 Å². The second-order valence-corrected chi connectivity index (χ2v) is 7.76. The van der Waals surface area contributed by atoms with Crippen LogP contribution in [0.25, 0.3) is 0 Å². The van der Waals surface area contributed by atoms with E-state index >= 15 is 0 Å². The molecule has 2 aromatic rings. The number of aliphatic hydroxyl groups is 1. The Hall–Kier alpha value is -1.16. The van der Waals surface area contributed by atoms with Crippen molar-refractivity contribution >= 4 is 41.3 Å². The Balaban J connectivity index is 0.00000392. The molecule has 1 aromatic carbocycles. The average molecular weight is 516 g/mol. The van der Waals surface area contributed by atoms with Gasteiger partial charge in [0.15, 0.2) is 5.96 Å². The first-order valence-corrected chi connectivity index (χ1v) is 10.4. The third-order valence-corrected chi connectivity index (χ3v) is 5.17. The smallest absolute Gasteiger partial charge is 0.191 e. The molecule has 28 heavy (non-hydrogen) atoms. The highest BCUT2D eigenvalue weighted by Gasteiger charge is 2.23. The molecule has 1 unspecified atom stereocenters. The summed E-state index contributed by atoms with van der Waals surface area (Å²) in [6.07, 6.45) is 0. The zero-order valence-electron chi connectivity index (χ0n) is 17.2. The molecule has 0 amide bonds. The van der Waals surface area contributed by atoms with Crippen LogP contribution in [0.5, 0.6) is 0 Å². The summed E-state index contributed by atoms with van der Waals surface area (Å²) in [5.74, 6) is 0.712. The maximum atomic E-state index is 10.7. The zero-order chi connectivity index (χ0) is 19.7. The van der Waals surface area contributed by atoms with Gasteiger partial charge >= 0.3 is 0 Å². The number of hydrogen-bond donors (Lipinski definition) is 3. The maximum absolute atomic E-state index is 10.7. The van der Waals surface area contributed by atoms with Gasteiger partial charge in [-0.1, -0.05) is 31.2 Å². The van der Waals surface area contributed by atoms with Crippen LogP contribution >= 0.6 is 35.3 Å². The van der Waals surface area contributed by atoms with E-state index in [4.69, 9.17) is 0 Å². The summed E-state index contributed by atoms with van der Waals surface area (Å²) in [5, 5.41) is 21.1. The van der Waals surface area contributed by atoms with Crippen molar-refractivity contribution < 1.29 is 5.11 Å². The van der Waals surface area contributed by atoms with Crippen molar-refractivity contribution in [2.45, 2.75) is 39.5 Å². The Labute approximate surface area is 190 Å². The van der Waals surface area contributed by atoms with Crippen LogP contribution in [-0.4, -0.2) is 42.6 Å². The topological polar surface area (TPSA) is 59.9 Å². The van der Waals surface area contributed by atoms with Crippen LogP contribution < -0.4 is 10.6 Å². The van der Waals surface area contributed by atoms with Crippen LogP contribution in [0.1, 0.15) is 37.5 Å². The predicted octanol–water partition coefficient (Wildman–Crippen LogP) is 3.78. The Morgan fingerprint density at radius 2 is 1.96 bits per heavy atom. The zero-order valence-corrected chi connectivity index (χ0v) is 20.4. The lowest BCUT2D eigenvalue weighted by molar-refractivity contribution is 0.0621. The average Bonchev–Trinajstić information content (AvgIpc) is 3.20. The summed E-state index contributed by atoms with van der Waals surface area (Å²) < 4.78 is 0. The molecule has 0 aliphatic heterocycles. The monoisotopic (exact) mass is 516 g/mol. The number of guanidine groups is 1. The molecule has 0 fully saturated rings. The first-order chi connectivity index (χ1) is 12.9. The number of nitrogens with one attached hydrogen (secondary N) is 2. The summed E-state index contributed by atoms with van der Waals surface area (Å²) in [6, 6.07) is 10.5. The predicted molar refractivity (Wildman–Crippen MR) is 131 cm³/mol. The van der Waals surface area contributed by atoms with E-state index in [9.17, 15) is 5.11 Å². The molecule has 3 N–H and O–H groups in total. The molecule has 2 rings (SSSR count). The summed E-state index contributed by atoms with van der Waals surface area (Å²) in [5.41, 5.74) is 2.47. The van der Waals surface area contributed by atoms with Crippen LogP contribution in [-0.2, 0) is 18.7 Å². The summed E-state index contributed by atoms with van der Waals surface area (Å²) in [7, 11) is 2.12. The SMILES string of the molecule is CCNC(=NCc1cccc(CN(C)CC)c1)NCC(C)(O)c1ccsc1.I. The first-order valence-electron chi connectivity index (χ1n) is 9.48. The highest BCUT2D eigenvalue weighted by atomic mass is 127. The molecule has 0 aliphatic carbocycles. The molecule has 0 aliphatic rings. The number of nitrogens with zero attached hydrogens (tertiary/aromatic N) is 2. The molecule has 7 heteroatoms.